The molecule has 0 aliphatic carbocycles. The van der Waals surface area contributed by atoms with E-state index >= 15 is 0 Å². The fourth-order valence-corrected chi connectivity index (χ4v) is 2.58. The average molecular weight is 318 g/mol. The fourth-order valence-electron chi connectivity index (χ4n) is 2.09. The molecule has 0 bridgehead atoms. The first-order chi connectivity index (χ1) is 10.3. The van der Waals surface area contributed by atoms with Gasteiger partial charge in [-0.15, -0.1) is 11.6 Å². The van der Waals surface area contributed by atoms with Crippen molar-refractivity contribution in [2.75, 3.05) is 0 Å². The molecule has 0 radical (unpaired) electrons. The molecule has 0 saturated carbocycles. The first-order valence-electron chi connectivity index (χ1n) is 6.58. The zero-order valence-electron chi connectivity index (χ0n) is 11.2. The summed E-state index contributed by atoms with van der Waals surface area (Å²) in [6.07, 6.45) is 0. The third kappa shape index (κ3) is 3.29. The molecule has 1 heterocycles. The van der Waals surface area contributed by atoms with Crippen molar-refractivity contribution in [1.29, 1.82) is 0 Å². The molecule has 0 amide bonds. The minimum atomic E-state index is 0.355. The van der Waals surface area contributed by atoms with Crippen molar-refractivity contribution in [3.8, 4) is 5.75 Å². The summed E-state index contributed by atoms with van der Waals surface area (Å²) in [7, 11) is 0. The highest BCUT2D eigenvalue weighted by Gasteiger charge is 2.05. The lowest BCUT2D eigenvalue weighted by atomic mass is 10.1. The maximum atomic E-state index is 6.09. The van der Waals surface area contributed by atoms with Gasteiger partial charge >= 0.3 is 0 Å². The van der Waals surface area contributed by atoms with Crippen molar-refractivity contribution in [1.82, 2.24) is 4.98 Å². The van der Waals surface area contributed by atoms with Crippen LogP contribution in [-0.2, 0) is 12.5 Å². The van der Waals surface area contributed by atoms with Crippen LogP contribution in [0, 0.1) is 0 Å². The molecule has 2 nitrogen and oxygen atoms in total. The largest absolute Gasteiger partial charge is 0.489 e. The van der Waals surface area contributed by atoms with E-state index in [4.69, 9.17) is 27.9 Å². The number of alkyl halides is 1. The maximum absolute atomic E-state index is 6.09. The number of pyridine rings is 1. The summed E-state index contributed by atoms with van der Waals surface area (Å²) < 4.78 is 5.79. The number of fused-ring (bicyclic) bond motifs is 1. The predicted octanol–water partition coefficient (Wildman–Crippen LogP) is 5.21. The number of benzene rings is 2. The van der Waals surface area contributed by atoms with Gasteiger partial charge in [-0.3, -0.25) is 0 Å². The van der Waals surface area contributed by atoms with Crippen molar-refractivity contribution < 1.29 is 4.74 Å². The Morgan fingerprint density at radius 2 is 1.81 bits per heavy atom. The number of rotatable bonds is 4. The van der Waals surface area contributed by atoms with Crippen LogP contribution in [0.4, 0.5) is 0 Å². The van der Waals surface area contributed by atoms with E-state index in [2.05, 4.69) is 4.98 Å². The Balaban J connectivity index is 1.84. The summed E-state index contributed by atoms with van der Waals surface area (Å²) >= 11 is 11.9. The Morgan fingerprint density at radius 3 is 2.57 bits per heavy atom. The van der Waals surface area contributed by atoms with Gasteiger partial charge in [-0.25, -0.2) is 4.98 Å². The molecule has 0 aliphatic rings. The summed E-state index contributed by atoms with van der Waals surface area (Å²) in [5.41, 5.74) is 2.77. The van der Waals surface area contributed by atoms with E-state index in [-0.39, 0.29) is 0 Å². The van der Waals surface area contributed by atoms with Crippen molar-refractivity contribution in [3.05, 3.63) is 70.9 Å². The number of hydrogen-bond acceptors (Lipinski definition) is 2. The average Bonchev–Trinajstić information content (AvgIpc) is 2.53. The van der Waals surface area contributed by atoms with Gasteiger partial charge in [-0.2, -0.15) is 0 Å². The first kappa shape index (κ1) is 14.2. The van der Waals surface area contributed by atoms with Gasteiger partial charge < -0.3 is 4.74 Å². The monoisotopic (exact) mass is 317 g/mol. The van der Waals surface area contributed by atoms with E-state index in [1.54, 1.807) is 0 Å². The van der Waals surface area contributed by atoms with Crippen LogP contribution in [0.15, 0.2) is 54.6 Å². The van der Waals surface area contributed by atoms with Crippen LogP contribution in [0.5, 0.6) is 5.75 Å². The highest BCUT2D eigenvalue weighted by molar-refractivity contribution is 6.31. The SMILES string of the molecule is ClCc1cc2ccc(OCc3ccccc3)cc2nc1Cl. The molecule has 4 heteroatoms. The van der Waals surface area contributed by atoms with E-state index in [9.17, 15) is 0 Å². The van der Waals surface area contributed by atoms with Crippen LogP contribution in [0.3, 0.4) is 0 Å². The smallest absolute Gasteiger partial charge is 0.134 e. The van der Waals surface area contributed by atoms with Gasteiger partial charge in [-0.1, -0.05) is 41.9 Å². The molecular formula is C17H13Cl2NO. The van der Waals surface area contributed by atoms with Crippen LogP contribution < -0.4 is 4.74 Å². The lowest BCUT2D eigenvalue weighted by Gasteiger charge is -2.08. The third-order valence-electron chi connectivity index (χ3n) is 3.21. The fraction of sp³-hybridized carbons (Fsp3) is 0.118. The van der Waals surface area contributed by atoms with Crippen LogP contribution in [-0.4, -0.2) is 4.98 Å². The molecule has 3 aromatic rings. The number of halogens is 2. The second-order valence-electron chi connectivity index (χ2n) is 4.70. The Labute approximate surface area is 133 Å². The molecular weight excluding hydrogens is 305 g/mol. The minimum Gasteiger partial charge on any atom is -0.489 e. The molecule has 0 aliphatic heterocycles. The van der Waals surface area contributed by atoms with Gasteiger partial charge in [0.05, 0.1) is 11.4 Å². The third-order valence-corrected chi connectivity index (χ3v) is 3.82. The lowest BCUT2D eigenvalue weighted by molar-refractivity contribution is 0.306. The highest BCUT2D eigenvalue weighted by Crippen LogP contribution is 2.25. The van der Waals surface area contributed by atoms with E-state index < -0.39 is 0 Å². The van der Waals surface area contributed by atoms with Crippen molar-refractivity contribution >= 4 is 34.1 Å². The predicted molar refractivity (Wildman–Crippen MR) is 87.1 cm³/mol. The molecule has 0 spiro atoms. The molecule has 0 unspecified atom stereocenters. The van der Waals surface area contributed by atoms with Crippen LogP contribution in [0.2, 0.25) is 5.15 Å². The number of ether oxygens (including phenoxy) is 1. The first-order valence-corrected chi connectivity index (χ1v) is 7.49. The Kier molecular flexibility index (Phi) is 4.28. The lowest BCUT2D eigenvalue weighted by Crippen LogP contribution is -1.95. The summed E-state index contributed by atoms with van der Waals surface area (Å²) in [6, 6.07) is 17.8. The van der Waals surface area contributed by atoms with E-state index in [0.29, 0.717) is 17.6 Å². The second-order valence-corrected chi connectivity index (χ2v) is 5.33. The molecule has 0 N–H and O–H groups in total. The van der Waals surface area contributed by atoms with Crippen LogP contribution in [0.1, 0.15) is 11.1 Å². The van der Waals surface area contributed by atoms with Gasteiger partial charge in [0.2, 0.25) is 0 Å². The van der Waals surface area contributed by atoms with Gasteiger partial charge in [0, 0.05) is 17.0 Å². The van der Waals surface area contributed by atoms with Crippen molar-refractivity contribution in [3.63, 3.8) is 0 Å². The number of nitrogens with zero attached hydrogens (tertiary/aromatic N) is 1. The van der Waals surface area contributed by atoms with Gasteiger partial charge in [-0.05, 0) is 23.8 Å². The maximum Gasteiger partial charge on any atom is 0.134 e. The minimum absolute atomic E-state index is 0.355. The molecule has 3 rings (SSSR count). The summed E-state index contributed by atoms with van der Waals surface area (Å²) in [5.74, 6) is 1.13. The van der Waals surface area contributed by atoms with Gasteiger partial charge in [0.15, 0.2) is 0 Å². The summed E-state index contributed by atoms with van der Waals surface area (Å²) in [6.45, 7) is 0.528. The number of aromatic nitrogens is 1. The van der Waals surface area contributed by atoms with E-state index in [1.165, 1.54) is 0 Å². The summed E-state index contributed by atoms with van der Waals surface area (Å²) in [4.78, 5) is 4.36. The van der Waals surface area contributed by atoms with Crippen molar-refractivity contribution in [2.45, 2.75) is 12.5 Å². The normalized spacial score (nSPS) is 10.8. The zero-order chi connectivity index (χ0) is 14.7. The molecule has 0 atom stereocenters. The van der Waals surface area contributed by atoms with Crippen LogP contribution >= 0.6 is 23.2 Å². The zero-order valence-corrected chi connectivity index (χ0v) is 12.7. The quantitative estimate of drug-likeness (QED) is 0.487. The van der Waals surface area contributed by atoms with Crippen molar-refractivity contribution in [2.24, 2.45) is 0 Å². The number of hydrogen-bond donors (Lipinski definition) is 0. The van der Waals surface area contributed by atoms with Crippen LogP contribution in [0.25, 0.3) is 10.9 Å². The highest BCUT2D eigenvalue weighted by atomic mass is 35.5. The topological polar surface area (TPSA) is 22.1 Å². The Hall–Kier alpha value is -1.77. The molecule has 21 heavy (non-hydrogen) atoms. The molecule has 1 aromatic heterocycles. The standard InChI is InChI=1S/C17H13Cl2NO/c18-10-14-8-13-6-7-15(9-16(13)20-17(14)19)21-11-12-4-2-1-3-5-12/h1-9H,10-11H2. The Bertz CT molecular complexity index is 759. The Morgan fingerprint density at radius 1 is 1.00 bits per heavy atom. The van der Waals surface area contributed by atoms with Gasteiger partial charge in [0.1, 0.15) is 17.5 Å². The molecule has 0 fully saturated rings. The van der Waals surface area contributed by atoms with E-state index in [0.717, 1.165) is 27.8 Å². The summed E-state index contributed by atoms with van der Waals surface area (Å²) in [5, 5.41) is 1.44. The molecule has 0 saturated heterocycles. The second kappa shape index (κ2) is 6.33. The molecule has 106 valence electrons. The molecule has 2 aromatic carbocycles. The van der Waals surface area contributed by atoms with E-state index in [1.807, 2.05) is 54.6 Å². The van der Waals surface area contributed by atoms with Gasteiger partial charge in [0.25, 0.3) is 0 Å².